The fourth-order valence-electron chi connectivity index (χ4n) is 1.02. The summed E-state index contributed by atoms with van der Waals surface area (Å²) in [6, 6.07) is 7.82. The topological polar surface area (TPSA) is 12.4 Å². The summed E-state index contributed by atoms with van der Waals surface area (Å²) in [5.41, 5.74) is 2.71. The van der Waals surface area contributed by atoms with Crippen molar-refractivity contribution >= 4 is 18.5 Å². The van der Waals surface area contributed by atoms with Gasteiger partial charge in [-0.15, -0.1) is 0 Å². The van der Waals surface area contributed by atoms with Crippen LogP contribution in [-0.2, 0) is 0 Å². The van der Waals surface area contributed by atoms with Crippen LogP contribution in [0.15, 0.2) is 42.4 Å². The highest BCUT2D eigenvalue weighted by Crippen LogP contribution is 2.18. The van der Waals surface area contributed by atoms with Crippen LogP contribution >= 0.6 is 0 Å². The van der Waals surface area contributed by atoms with E-state index in [-0.39, 0.29) is 0 Å². The molecule has 0 aliphatic rings. The van der Waals surface area contributed by atoms with Gasteiger partial charge in [-0.3, -0.25) is 4.99 Å². The molecule has 0 unspecified atom stereocenters. The van der Waals surface area contributed by atoms with E-state index in [0.717, 1.165) is 11.1 Å². The fourth-order valence-corrected chi connectivity index (χ4v) is 1.02. The molecule has 0 radical (unpaired) electrons. The number of benzene rings is 1. The first-order chi connectivity index (χ1) is 5.79. The Balaban J connectivity index is 3.21. The number of aliphatic imine (C=N–C) groups is 1. The molecule has 60 valence electrons. The van der Waals surface area contributed by atoms with Gasteiger partial charge in [-0.25, -0.2) is 0 Å². The van der Waals surface area contributed by atoms with Gasteiger partial charge in [0.05, 0.1) is 5.70 Å². The first kappa shape index (κ1) is 8.47. The molecule has 0 N–H and O–H groups in total. The van der Waals surface area contributed by atoms with Gasteiger partial charge in [-0.1, -0.05) is 43.5 Å². The molecule has 0 atom stereocenters. The minimum atomic E-state index is 0.686. The Hall–Kier alpha value is -1.63. The summed E-state index contributed by atoms with van der Waals surface area (Å²) in [4.78, 5) is 3.78. The summed E-state index contributed by atoms with van der Waals surface area (Å²) in [7, 11) is 0. The SMILES string of the molecule is C=Cc1ccccc1C(=C)N=C. The highest BCUT2D eigenvalue weighted by Gasteiger charge is 1.99. The molecule has 0 fully saturated rings. The summed E-state index contributed by atoms with van der Waals surface area (Å²) in [6.45, 7) is 10.9. The van der Waals surface area contributed by atoms with Crippen molar-refractivity contribution in [1.29, 1.82) is 0 Å². The van der Waals surface area contributed by atoms with Gasteiger partial charge in [-0.05, 0) is 12.3 Å². The summed E-state index contributed by atoms with van der Waals surface area (Å²) in [5, 5.41) is 0. The molecule has 1 rings (SSSR count). The van der Waals surface area contributed by atoms with Crippen molar-refractivity contribution < 1.29 is 0 Å². The summed E-state index contributed by atoms with van der Waals surface area (Å²) < 4.78 is 0. The number of nitrogens with zero attached hydrogens (tertiary/aromatic N) is 1. The van der Waals surface area contributed by atoms with Crippen molar-refractivity contribution in [2.24, 2.45) is 4.99 Å². The van der Waals surface area contributed by atoms with Crippen molar-refractivity contribution in [2.75, 3.05) is 0 Å². The zero-order valence-electron chi connectivity index (χ0n) is 6.96. The molecule has 0 aliphatic heterocycles. The Kier molecular flexibility index (Phi) is 2.59. The van der Waals surface area contributed by atoms with E-state index >= 15 is 0 Å². The summed E-state index contributed by atoms with van der Waals surface area (Å²) in [5.74, 6) is 0. The predicted octanol–water partition coefficient (Wildman–Crippen LogP) is 3.00. The maximum Gasteiger partial charge on any atom is 0.0629 e. The van der Waals surface area contributed by atoms with Gasteiger partial charge in [0.2, 0.25) is 0 Å². The van der Waals surface area contributed by atoms with Crippen LogP contribution in [0.1, 0.15) is 11.1 Å². The summed E-state index contributed by atoms with van der Waals surface area (Å²) >= 11 is 0. The van der Waals surface area contributed by atoms with Crippen LogP contribution in [0.4, 0.5) is 0 Å². The molecule has 0 amide bonds. The maximum atomic E-state index is 3.78. The van der Waals surface area contributed by atoms with E-state index < -0.39 is 0 Å². The molecule has 0 spiro atoms. The smallest absolute Gasteiger partial charge is 0.0629 e. The van der Waals surface area contributed by atoms with Gasteiger partial charge >= 0.3 is 0 Å². The van der Waals surface area contributed by atoms with Crippen molar-refractivity contribution in [1.82, 2.24) is 0 Å². The van der Waals surface area contributed by atoms with Crippen LogP contribution < -0.4 is 0 Å². The molecular weight excluding hydrogens is 146 g/mol. The Morgan fingerprint density at radius 1 is 1.33 bits per heavy atom. The van der Waals surface area contributed by atoms with Crippen molar-refractivity contribution in [3.05, 3.63) is 48.6 Å². The average molecular weight is 157 g/mol. The lowest BCUT2D eigenvalue weighted by Crippen LogP contribution is -1.83. The first-order valence-electron chi connectivity index (χ1n) is 3.67. The molecule has 0 aromatic heterocycles. The van der Waals surface area contributed by atoms with Crippen LogP contribution in [0.25, 0.3) is 11.8 Å². The van der Waals surface area contributed by atoms with Crippen LogP contribution in [0, 0.1) is 0 Å². The lowest BCUT2D eigenvalue weighted by molar-refractivity contribution is 1.51. The molecule has 1 aromatic carbocycles. The standard InChI is InChI=1S/C11H11N/c1-4-10-7-5-6-8-11(10)9(2)12-3/h4-8H,1-3H2. The van der Waals surface area contributed by atoms with Crippen molar-refractivity contribution in [3.63, 3.8) is 0 Å². The minimum absolute atomic E-state index is 0.686. The van der Waals surface area contributed by atoms with Crippen LogP contribution in [0.2, 0.25) is 0 Å². The van der Waals surface area contributed by atoms with E-state index in [1.165, 1.54) is 0 Å². The zero-order valence-corrected chi connectivity index (χ0v) is 6.96. The molecule has 0 aliphatic carbocycles. The molecule has 12 heavy (non-hydrogen) atoms. The van der Waals surface area contributed by atoms with Crippen LogP contribution in [0.3, 0.4) is 0 Å². The third-order valence-corrected chi connectivity index (χ3v) is 1.68. The van der Waals surface area contributed by atoms with Gasteiger partial charge < -0.3 is 0 Å². The second-order valence-electron chi connectivity index (χ2n) is 2.40. The van der Waals surface area contributed by atoms with Gasteiger partial charge in [0, 0.05) is 5.56 Å². The largest absolute Gasteiger partial charge is 0.265 e. The van der Waals surface area contributed by atoms with E-state index in [9.17, 15) is 0 Å². The first-order valence-corrected chi connectivity index (χ1v) is 3.67. The Morgan fingerprint density at radius 2 is 2.00 bits per heavy atom. The normalized spacial score (nSPS) is 9.00. The molecule has 1 nitrogen and oxygen atoms in total. The maximum absolute atomic E-state index is 3.78. The number of hydrogen-bond donors (Lipinski definition) is 0. The Labute approximate surface area is 72.8 Å². The van der Waals surface area contributed by atoms with Gasteiger partial charge in [0.1, 0.15) is 0 Å². The third kappa shape index (κ3) is 1.51. The molecule has 0 bridgehead atoms. The van der Waals surface area contributed by atoms with Crippen molar-refractivity contribution in [3.8, 4) is 0 Å². The lowest BCUT2D eigenvalue weighted by atomic mass is 10.1. The van der Waals surface area contributed by atoms with E-state index in [2.05, 4.69) is 24.9 Å². The minimum Gasteiger partial charge on any atom is -0.265 e. The molecule has 0 saturated carbocycles. The fraction of sp³-hybridized carbons (Fsp3) is 0. The third-order valence-electron chi connectivity index (χ3n) is 1.68. The van der Waals surface area contributed by atoms with Crippen LogP contribution in [-0.4, -0.2) is 6.72 Å². The van der Waals surface area contributed by atoms with Gasteiger partial charge in [0.25, 0.3) is 0 Å². The quantitative estimate of drug-likeness (QED) is 0.598. The van der Waals surface area contributed by atoms with Gasteiger partial charge in [-0.2, -0.15) is 0 Å². The predicted molar refractivity (Wildman–Crippen MR) is 55.1 cm³/mol. The lowest BCUT2D eigenvalue weighted by Gasteiger charge is -2.03. The summed E-state index contributed by atoms with van der Waals surface area (Å²) in [6.07, 6.45) is 1.78. The van der Waals surface area contributed by atoms with E-state index in [1.807, 2.05) is 24.3 Å². The molecule has 0 saturated heterocycles. The molecule has 1 heteroatoms. The van der Waals surface area contributed by atoms with E-state index in [4.69, 9.17) is 0 Å². The molecular formula is C11H11N. The second kappa shape index (κ2) is 3.67. The molecule has 1 aromatic rings. The van der Waals surface area contributed by atoms with E-state index in [0.29, 0.717) is 5.70 Å². The van der Waals surface area contributed by atoms with E-state index in [1.54, 1.807) is 6.08 Å². The Bertz CT molecular complexity index is 324. The molecule has 0 heterocycles. The average Bonchev–Trinajstić information content (AvgIpc) is 2.16. The number of hydrogen-bond acceptors (Lipinski definition) is 1. The zero-order chi connectivity index (χ0) is 8.97. The van der Waals surface area contributed by atoms with Gasteiger partial charge in [0.15, 0.2) is 0 Å². The van der Waals surface area contributed by atoms with Crippen molar-refractivity contribution in [2.45, 2.75) is 0 Å². The Morgan fingerprint density at radius 3 is 2.58 bits per heavy atom. The monoisotopic (exact) mass is 157 g/mol. The highest BCUT2D eigenvalue weighted by molar-refractivity contribution is 5.73. The number of rotatable bonds is 3. The van der Waals surface area contributed by atoms with Crippen LogP contribution in [0.5, 0.6) is 0 Å². The second-order valence-corrected chi connectivity index (χ2v) is 2.40. The highest BCUT2D eigenvalue weighted by atomic mass is 14.7.